The number of carbonyl (C=O) groups is 1. The first-order valence-electron chi connectivity index (χ1n) is 7.44. The van der Waals surface area contributed by atoms with Crippen LogP contribution in [0.3, 0.4) is 0 Å². The Labute approximate surface area is 141 Å². The summed E-state index contributed by atoms with van der Waals surface area (Å²) in [6, 6.07) is 10.7. The molecule has 0 aliphatic heterocycles. The van der Waals surface area contributed by atoms with Crippen LogP contribution in [0.5, 0.6) is 0 Å². The molecular formula is C17H21NO3S2. The molecule has 0 fully saturated rings. The predicted octanol–water partition coefficient (Wildman–Crippen LogP) is 3.34. The topological polar surface area (TPSA) is 63.2 Å². The maximum atomic E-state index is 12.9. The van der Waals surface area contributed by atoms with Gasteiger partial charge in [0.05, 0.1) is 0 Å². The van der Waals surface area contributed by atoms with Crippen LogP contribution in [-0.4, -0.2) is 20.9 Å². The van der Waals surface area contributed by atoms with Crippen LogP contribution < -0.4 is 5.32 Å². The Hall–Kier alpha value is -1.66. The zero-order valence-electron chi connectivity index (χ0n) is 13.4. The van der Waals surface area contributed by atoms with E-state index in [2.05, 4.69) is 5.32 Å². The fourth-order valence-electron chi connectivity index (χ4n) is 2.15. The Morgan fingerprint density at radius 1 is 1.17 bits per heavy atom. The van der Waals surface area contributed by atoms with Crippen molar-refractivity contribution in [1.29, 1.82) is 0 Å². The van der Waals surface area contributed by atoms with E-state index in [4.69, 9.17) is 0 Å². The van der Waals surface area contributed by atoms with E-state index in [1.807, 2.05) is 31.2 Å². The molecule has 23 heavy (non-hydrogen) atoms. The Bertz CT molecular complexity index is 748. The normalized spacial score (nSPS) is 13.0. The summed E-state index contributed by atoms with van der Waals surface area (Å²) < 4.78 is 26.2. The summed E-state index contributed by atoms with van der Waals surface area (Å²) in [5.41, 5.74) is 1.75. The van der Waals surface area contributed by atoms with Gasteiger partial charge in [0.15, 0.2) is 9.84 Å². The van der Waals surface area contributed by atoms with E-state index in [1.165, 1.54) is 11.3 Å². The molecule has 0 bridgehead atoms. The highest BCUT2D eigenvalue weighted by atomic mass is 32.2. The van der Waals surface area contributed by atoms with Gasteiger partial charge in [-0.25, -0.2) is 8.42 Å². The molecule has 2 rings (SSSR count). The number of thiophene rings is 1. The molecule has 0 saturated heterocycles. The Morgan fingerprint density at radius 2 is 1.83 bits per heavy atom. The van der Waals surface area contributed by atoms with E-state index < -0.39 is 15.1 Å². The van der Waals surface area contributed by atoms with E-state index >= 15 is 0 Å². The minimum Gasteiger partial charge on any atom is -0.354 e. The lowest BCUT2D eigenvalue weighted by Crippen LogP contribution is -2.34. The first kappa shape index (κ1) is 17.7. The van der Waals surface area contributed by atoms with E-state index in [0.717, 1.165) is 5.56 Å². The lowest BCUT2D eigenvalue weighted by Gasteiger charge is -2.19. The molecule has 1 amide bonds. The van der Waals surface area contributed by atoms with E-state index in [1.54, 1.807) is 31.4 Å². The van der Waals surface area contributed by atoms with Crippen molar-refractivity contribution < 1.29 is 13.2 Å². The Morgan fingerprint density at radius 3 is 2.35 bits per heavy atom. The number of sulfone groups is 1. The number of nitrogens with one attached hydrogen (secondary N) is 1. The van der Waals surface area contributed by atoms with Crippen LogP contribution in [0.4, 0.5) is 0 Å². The van der Waals surface area contributed by atoms with Gasteiger partial charge in [0, 0.05) is 12.5 Å². The molecule has 1 N–H and O–H groups in total. The highest BCUT2D eigenvalue weighted by Crippen LogP contribution is 2.31. The summed E-state index contributed by atoms with van der Waals surface area (Å²) in [6.07, 6.45) is 0. The first-order valence-corrected chi connectivity index (χ1v) is 9.86. The molecule has 1 aromatic carbocycles. The molecule has 124 valence electrons. The SMILES string of the molecule is Cc1ccc([C@@H](CNC(=O)C(C)C)S(=O)(=O)c2cccs2)cc1. The molecule has 0 radical (unpaired) electrons. The quantitative estimate of drug-likeness (QED) is 0.868. The number of benzene rings is 1. The van der Waals surface area contributed by atoms with Gasteiger partial charge in [0.1, 0.15) is 9.46 Å². The summed E-state index contributed by atoms with van der Waals surface area (Å²) in [4.78, 5) is 11.8. The van der Waals surface area contributed by atoms with Crippen LogP contribution >= 0.6 is 11.3 Å². The van der Waals surface area contributed by atoms with Crippen molar-refractivity contribution in [2.45, 2.75) is 30.2 Å². The second kappa shape index (κ2) is 7.27. The monoisotopic (exact) mass is 351 g/mol. The molecular weight excluding hydrogens is 330 g/mol. The molecule has 0 unspecified atom stereocenters. The fraction of sp³-hybridized carbons (Fsp3) is 0.353. The fourth-order valence-corrected chi connectivity index (χ4v) is 5.02. The minimum absolute atomic E-state index is 0.0697. The third kappa shape index (κ3) is 4.20. The smallest absolute Gasteiger partial charge is 0.222 e. The number of hydrogen-bond acceptors (Lipinski definition) is 4. The van der Waals surface area contributed by atoms with Gasteiger partial charge < -0.3 is 5.32 Å². The van der Waals surface area contributed by atoms with Crippen LogP contribution in [0.15, 0.2) is 46.0 Å². The standard InChI is InChI=1S/C17H21NO3S2/c1-12(2)17(19)18-11-15(14-8-6-13(3)7-9-14)23(20,21)16-5-4-10-22-16/h4-10,12,15H,11H2,1-3H3,(H,18,19)/t15-/m1/s1. The van der Waals surface area contributed by atoms with Crippen LogP contribution in [0.1, 0.15) is 30.2 Å². The van der Waals surface area contributed by atoms with E-state index in [0.29, 0.717) is 9.77 Å². The van der Waals surface area contributed by atoms with Crippen molar-refractivity contribution >= 4 is 27.1 Å². The zero-order valence-corrected chi connectivity index (χ0v) is 15.1. The van der Waals surface area contributed by atoms with Crippen molar-refractivity contribution in [3.8, 4) is 0 Å². The highest BCUT2D eigenvalue weighted by molar-refractivity contribution is 7.93. The molecule has 1 aromatic heterocycles. The summed E-state index contributed by atoms with van der Waals surface area (Å²) in [6.45, 7) is 5.58. The summed E-state index contributed by atoms with van der Waals surface area (Å²) >= 11 is 1.20. The van der Waals surface area contributed by atoms with E-state index in [-0.39, 0.29) is 18.4 Å². The lowest BCUT2D eigenvalue weighted by atomic mass is 10.1. The average molecular weight is 351 g/mol. The molecule has 2 aromatic rings. The van der Waals surface area contributed by atoms with Gasteiger partial charge in [-0.15, -0.1) is 11.3 Å². The second-order valence-corrected chi connectivity index (χ2v) is 9.08. The zero-order chi connectivity index (χ0) is 17.0. The van der Waals surface area contributed by atoms with Crippen molar-refractivity contribution in [2.24, 2.45) is 5.92 Å². The molecule has 0 aliphatic carbocycles. The summed E-state index contributed by atoms with van der Waals surface area (Å²) in [5, 5.41) is 3.70. The van der Waals surface area contributed by atoms with E-state index in [9.17, 15) is 13.2 Å². The number of rotatable bonds is 6. The second-order valence-electron chi connectivity index (χ2n) is 5.78. The maximum absolute atomic E-state index is 12.9. The minimum atomic E-state index is -3.54. The number of hydrogen-bond donors (Lipinski definition) is 1. The molecule has 6 heteroatoms. The van der Waals surface area contributed by atoms with Crippen LogP contribution in [0, 0.1) is 12.8 Å². The Kier molecular flexibility index (Phi) is 5.59. The van der Waals surface area contributed by atoms with Crippen LogP contribution in [0.25, 0.3) is 0 Å². The third-order valence-corrected chi connectivity index (χ3v) is 7.12. The van der Waals surface area contributed by atoms with Gasteiger partial charge in [0.25, 0.3) is 0 Å². The van der Waals surface area contributed by atoms with Gasteiger partial charge >= 0.3 is 0 Å². The van der Waals surface area contributed by atoms with Gasteiger partial charge in [-0.3, -0.25) is 4.79 Å². The summed E-state index contributed by atoms with van der Waals surface area (Å²) in [5.74, 6) is -0.332. The van der Waals surface area contributed by atoms with Crippen molar-refractivity contribution in [1.82, 2.24) is 5.32 Å². The molecule has 0 spiro atoms. The highest BCUT2D eigenvalue weighted by Gasteiger charge is 2.30. The number of carbonyl (C=O) groups excluding carboxylic acids is 1. The van der Waals surface area contributed by atoms with Crippen molar-refractivity contribution in [2.75, 3.05) is 6.54 Å². The van der Waals surface area contributed by atoms with Crippen LogP contribution in [0.2, 0.25) is 0 Å². The molecule has 1 heterocycles. The van der Waals surface area contributed by atoms with Gasteiger partial charge in [-0.2, -0.15) is 0 Å². The Balaban J connectivity index is 2.35. The lowest BCUT2D eigenvalue weighted by molar-refractivity contribution is -0.123. The van der Waals surface area contributed by atoms with Crippen molar-refractivity contribution in [3.05, 3.63) is 52.9 Å². The van der Waals surface area contributed by atoms with Gasteiger partial charge in [0.2, 0.25) is 5.91 Å². The number of aryl methyl sites for hydroxylation is 1. The van der Waals surface area contributed by atoms with Crippen LogP contribution in [-0.2, 0) is 14.6 Å². The van der Waals surface area contributed by atoms with Crippen molar-refractivity contribution in [3.63, 3.8) is 0 Å². The molecule has 0 saturated carbocycles. The maximum Gasteiger partial charge on any atom is 0.222 e. The first-order chi connectivity index (χ1) is 10.8. The van der Waals surface area contributed by atoms with Gasteiger partial charge in [-0.05, 0) is 23.9 Å². The molecule has 0 aliphatic rings. The molecule has 1 atom stereocenters. The largest absolute Gasteiger partial charge is 0.354 e. The molecule has 4 nitrogen and oxygen atoms in total. The predicted molar refractivity (Wildman–Crippen MR) is 93.3 cm³/mol. The summed E-state index contributed by atoms with van der Waals surface area (Å²) in [7, 11) is -3.54. The number of amides is 1. The van der Waals surface area contributed by atoms with Gasteiger partial charge in [-0.1, -0.05) is 49.7 Å². The average Bonchev–Trinajstić information content (AvgIpc) is 3.03. The third-order valence-electron chi connectivity index (χ3n) is 3.59.